The Hall–Kier alpha value is -1.89. The molecule has 2 heterocycles. The quantitative estimate of drug-likeness (QED) is 0.859. The lowest BCUT2D eigenvalue weighted by molar-refractivity contribution is 0.0940. The second-order valence-corrected chi connectivity index (χ2v) is 4.27. The van der Waals surface area contributed by atoms with Gasteiger partial charge in [0.15, 0.2) is 5.82 Å². The van der Waals surface area contributed by atoms with Crippen molar-refractivity contribution in [1.29, 1.82) is 0 Å². The number of aromatic amines is 1. The lowest BCUT2D eigenvalue weighted by Crippen LogP contribution is -2.26. The van der Waals surface area contributed by atoms with Crippen LogP contribution in [-0.2, 0) is 13.6 Å². The average molecular weight is 269 g/mol. The van der Waals surface area contributed by atoms with E-state index in [9.17, 15) is 4.79 Å². The molecule has 0 aliphatic rings. The average Bonchev–Trinajstić information content (AvgIpc) is 2.82. The predicted octanol–water partition coefficient (Wildman–Crippen LogP) is 0.738. The van der Waals surface area contributed by atoms with Gasteiger partial charge in [-0.25, -0.2) is 4.98 Å². The highest BCUT2D eigenvalue weighted by Crippen LogP contribution is 2.18. The summed E-state index contributed by atoms with van der Waals surface area (Å²) in [5.74, 6) is 0.926. The number of H-pyrrole nitrogens is 1. The van der Waals surface area contributed by atoms with E-state index < -0.39 is 0 Å². The van der Waals surface area contributed by atoms with E-state index in [2.05, 4.69) is 25.6 Å². The van der Waals surface area contributed by atoms with E-state index in [1.54, 1.807) is 20.9 Å². The molecule has 0 atom stereocenters. The summed E-state index contributed by atoms with van der Waals surface area (Å²) in [4.78, 5) is 16.0. The Kier molecular flexibility index (Phi) is 3.33. The molecule has 0 aromatic carbocycles. The van der Waals surface area contributed by atoms with Crippen molar-refractivity contribution < 1.29 is 4.79 Å². The summed E-state index contributed by atoms with van der Waals surface area (Å²) in [6, 6.07) is 0. The van der Waals surface area contributed by atoms with Crippen LogP contribution in [0.3, 0.4) is 0 Å². The normalized spacial score (nSPS) is 10.7. The fraction of sp³-hybridized carbons (Fsp3) is 0.400. The van der Waals surface area contributed by atoms with Crippen LogP contribution in [0.5, 0.6) is 0 Å². The Labute approximate surface area is 109 Å². The zero-order chi connectivity index (χ0) is 13.3. The predicted molar refractivity (Wildman–Crippen MR) is 65.2 cm³/mol. The number of aromatic nitrogens is 5. The van der Waals surface area contributed by atoms with Crippen LogP contribution in [0.2, 0.25) is 5.02 Å². The summed E-state index contributed by atoms with van der Waals surface area (Å²) < 4.78 is 1.45. The third-order valence-electron chi connectivity index (χ3n) is 2.41. The molecule has 2 N–H and O–H groups in total. The van der Waals surface area contributed by atoms with Crippen LogP contribution < -0.4 is 5.32 Å². The van der Waals surface area contributed by atoms with Gasteiger partial charge in [-0.3, -0.25) is 14.6 Å². The highest BCUT2D eigenvalue weighted by molar-refractivity contribution is 6.34. The standard InChI is InChI=1S/C10H13ClN6O/c1-5-8(11)9(17(3)16-5)10(18)12-4-7-13-6(2)14-15-7/h4H2,1-3H3,(H,12,18)(H,13,14,15). The first-order valence-corrected chi connectivity index (χ1v) is 5.72. The number of carbonyl (C=O) groups excluding carboxylic acids is 1. The number of aryl methyl sites for hydroxylation is 3. The molecule has 2 rings (SSSR count). The minimum Gasteiger partial charge on any atom is -0.343 e. The van der Waals surface area contributed by atoms with Crippen molar-refractivity contribution >= 4 is 17.5 Å². The van der Waals surface area contributed by atoms with E-state index in [1.165, 1.54) is 4.68 Å². The molecule has 0 bridgehead atoms. The van der Waals surface area contributed by atoms with E-state index >= 15 is 0 Å². The van der Waals surface area contributed by atoms with Gasteiger partial charge in [0, 0.05) is 7.05 Å². The molecule has 0 spiro atoms. The summed E-state index contributed by atoms with van der Waals surface area (Å²) in [5, 5.41) is 13.8. The molecule has 0 fully saturated rings. The maximum absolute atomic E-state index is 12.0. The number of halogens is 1. The summed E-state index contributed by atoms with van der Waals surface area (Å²) in [5.41, 5.74) is 0.958. The van der Waals surface area contributed by atoms with Crippen LogP contribution >= 0.6 is 11.6 Å². The van der Waals surface area contributed by atoms with Crippen molar-refractivity contribution in [3.05, 3.63) is 28.1 Å². The Morgan fingerprint density at radius 2 is 2.22 bits per heavy atom. The second-order valence-electron chi connectivity index (χ2n) is 3.89. The fourth-order valence-electron chi connectivity index (χ4n) is 1.59. The van der Waals surface area contributed by atoms with Crippen molar-refractivity contribution in [3.8, 4) is 0 Å². The molecule has 2 aromatic heterocycles. The lowest BCUT2D eigenvalue weighted by atomic mass is 10.3. The molecule has 96 valence electrons. The Bertz CT molecular complexity index is 587. The molecule has 0 unspecified atom stereocenters. The Morgan fingerprint density at radius 1 is 1.50 bits per heavy atom. The molecule has 0 saturated heterocycles. The van der Waals surface area contributed by atoms with Crippen LogP contribution in [-0.4, -0.2) is 30.9 Å². The first kappa shape index (κ1) is 12.6. The van der Waals surface area contributed by atoms with Crippen molar-refractivity contribution in [1.82, 2.24) is 30.3 Å². The summed E-state index contributed by atoms with van der Waals surface area (Å²) in [6.45, 7) is 3.78. The molecule has 1 amide bonds. The van der Waals surface area contributed by atoms with Gasteiger partial charge in [0.2, 0.25) is 0 Å². The molecule has 0 aliphatic carbocycles. The second kappa shape index (κ2) is 4.77. The molecule has 0 radical (unpaired) electrons. The van der Waals surface area contributed by atoms with Gasteiger partial charge < -0.3 is 5.32 Å². The van der Waals surface area contributed by atoms with Crippen LogP contribution in [0.1, 0.15) is 27.8 Å². The monoisotopic (exact) mass is 268 g/mol. The number of hydrogen-bond acceptors (Lipinski definition) is 4. The van der Waals surface area contributed by atoms with E-state index in [-0.39, 0.29) is 12.5 Å². The molecule has 0 aliphatic heterocycles. The molecule has 7 nitrogen and oxygen atoms in total. The van der Waals surface area contributed by atoms with Crippen LogP contribution in [0, 0.1) is 13.8 Å². The van der Waals surface area contributed by atoms with Crippen molar-refractivity contribution in [2.45, 2.75) is 20.4 Å². The maximum Gasteiger partial charge on any atom is 0.271 e. The van der Waals surface area contributed by atoms with Crippen molar-refractivity contribution in [2.24, 2.45) is 7.05 Å². The highest BCUT2D eigenvalue weighted by atomic mass is 35.5. The smallest absolute Gasteiger partial charge is 0.271 e. The number of rotatable bonds is 3. The van der Waals surface area contributed by atoms with Gasteiger partial charge in [-0.2, -0.15) is 10.2 Å². The van der Waals surface area contributed by atoms with Gasteiger partial charge in [0.05, 0.1) is 17.3 Å². The number of amides is 1. The Balaban J connectivity index is 2.08. The molecule has 8 heteroatoms. The molecular weight excluding hydrogens is 256 g/mol. The van der Waals surface area contributed by atoms with E-state index in [0.29, 0.717) is 28.1 Å². The van der Waals surface area contributed by atoms with Crippen LogP contribution in [0.25, 0.3) is 0 Å². The minimum absolute atomic E-state index is 0.240. The van der Waals surface area contributed by atoms with E-state index in [0.717, 1.165) is 0 Å². The number of hydrogen-bond donors (Lipinski definition) is 2. The summed E-state index contributed by atoms with van der Waals surface area (Å²) in [7, 11) is 1.67. The van der Waals surface area contributed by atoms with Gasteiger partial charge in [-0.05, 0) is 13.8 Å². The largest absolute Gasteiger partial charge is 0.343 e. The first-order chi connectivity index (χ1) is 8.49. The van der Waals surface area contributed by atoms with E-state index in [1.807, 2.05) is 0 Å². The third kappa shape index (κ3) is 2.35. The lowest BCUT2D eigenvalue weighted by Gasteiger charge is -2.03. The van der Waals surface area contributed by atoms with Gasteiger partial charge in [0.25, 0.3) is 5.91 Å². The third-order valence-corrected chi connectivity index (χ3v) is 2.87. The van der Waals surface area contributed by atoms with Crippen molar-refractivity contribution in [3.63, 3.8) is 0 Å². The summed E-state index contributed by atoms with van der Waals surface area (Å²) in [6.07, 6.45) is 0. The zero-order valence-electron chi connectivity index (χ0n) is 10.3. The van der Waals surface area contributed by atoms with Crippen molar-refractivity contribution in [2.75, 3.05) is 0 Å². The highest BCUT2D eigenvalue weighted by Gasteiger charge is 2.18. The minimum atomic E-state index is -0.300. The Morgan fingerprint density at radius 3 is 2.72 bits per heavy atom. The topological polar surface area (TPSA) is 88.5 Å². The number of nitrogens with zero attached hydrogens (tertiary/aromatic N) is 4. The molecule has 0 saturated carbocycles. The number of carbonyl (C=O) groups is 1. The number of nitrogens with one attached hydrogen (secondary N) is 2. The van der Waals surface area contributed by atoms with Gasteiger partial charge >= 0.3 is 0 Å². The van der Waals surface area contributed by atoms with Gasteiger partial charge in [0.1, 0.15) is 11.5 Å². The van der Waals surface area contributed by atoms with Gasteiger partial charge in [-0.15, -0.1) is 0 Å². The SMILES string of the molecule is Cc1nc(CNC(=O)c2c(Cl)c(C)nn2C)n[nH]1. The zero-order valence-corrected chi connectivity index (χ0v) is 11.0. The summed E-state index contributed by atoms with van der Waals surface area (Å²) >= 11 is 6.01. The fourth-order valence-corrected chi connectivity index (χ4v) is 1.84. The van der Waals surface area contributed by atoms with E-state index in [4.69, 9.17) is 11.6 Å². The van der Waals surface area contributed by atoms with Crippen LogP contribution in [0.15, 0.2) is 0 Å². The molecule has 2 aromatic rings. The van der Waals surface area contributed by atoms with Crippen LogP contribution in [0.4, 0.5) is 0 Å². The maximum atomic E-state index is 12.0. The van der Waals surface area contributed by atoms with Gasteiger partial charge in [-0.1, -0.05) is 11.6 Å². The molecular formula is C10H13ClN6O. The molecule has 18 heavy (non-hydrogen) atoms. The first-order valence-electron chi connectivity index (χ1n) is 5.34.